The first-order valence-electron chi connectivity index (χ1n) is 8.67. The zero-order valence-corrected chi connectivity index (χ0v) is 14.4. The van der Waals surface area contributed by atoms with Crippen molar-refractivity contribution in [3.8, 4) is 0 Å². The zero-order valence-electron chi connectivity index (χ0n) is 14.4. The van der Waals surface area contributed by atoms with Gasteiger partial charge < -0.3 is 10.1 Å². The first-order chi connectivity index (χ1) is 10.6. The van der Waals surface area contributed by atoms with Crippen molar-refractivity contribution in [2.45, 2.75) is 78.1 Å². The van der Waals surface area contributed by atoms with Crippen LogP contribution >= 0.6 is 0 Å². The lowest BCUT2D eigenvalue weighted by Crippen LogP contribution is -2.24. The second kappa shape index (κ2) is 14.6. The number of carbonyl (C=O) groups is 2. The molecule has 0 saturated heterocycles. The lowest BCUT2D eigenvalue weighted by atomic mass is 10.1. The Balaban J connectivity index is 3.16. The Labute approximate surface area is 135 Å². The molecule has 0 fully saturated rings. The Hall–Kier alpha value is -1.32. The van der Waals surface area contributed by atoms with Crippen LogP contribution in [-0.2, 0) is 14.3 Å². The third kappa shape index (κ3) is 13.7. The van der Waals surface area contributed by atoms with Crippen molar-refractivity contribution >= 4 is 11.9 Å². The summed E-state index contributed by atoms with van der Waals surface area (Å²) in [5.41, 5.74) is 0.572. The van der Waals surface area contributed by atoms with Gasteiger partial charge in [-0.2, -0.15) is 0 Å². The Morgan fingerprint density at radius 1 is 0.909 bits per heavy atom. The molecule has 0 rings (SSSR count). The number of nitrogens with one attached hydrogen (secondary N) is 1. The maximum absolute atomic E-state index is 11.2. The molecule has 0 aliphatic carbocycles. The fourth-order valence-corrected chi connectivity index (χ4v) is 2.22. The van der Waals surface area contributed by atoms with E-state index in [1.165, 1.54) is 38.5 Å². The van der Waals surface area contributed by atoms with E-state index < -0.39 is 0 Å². The molecule has 0 saturated carbocycles. The number of rotatable bonds is 14. The number of carbonyl (C=O) groups excluding carboxylic acids is 2. The van der Waals surface area contributed by atoms with Crippen molar-refractivity contribution in [3.05, 3.63) is 12.2 Å². The summed E-state index contributed by atoms with van der Waals surface area (Å²) in [4.78, 5) is 22.4. The molecule has 0 bridgehead atoms. The normalized spacial score (nSPS) is 10.3. The molecule has 0 radical (unpaired) electrons. The molecule has 1 amide bonds. The van der Waals surface area contributed by atoms with E-state index in [0.29, 0.717) is 18.6 Å². The van der Waals surface area contributed by atoms with Gasteiger partial charge >= 0.3 is 5.97 Å². The average Bonchev–Trinajstić information content (AvgIpc) is 2.48. The second-order valence-electron chi connectivity index (χ2n) is 5.77. The molecule has 22 heavy (non-hydrogen) atoms. The van der Waals surface area contributed by atoms with Gasteiger partial charge in [-0.1, -0.05) is 51.5 Å². The van der Waals surface area contributed by atoms with Crippen LogP contribution in [0.4, 0.5) is 0 Å². The van der Waals surface area contributed by atoms with Crippen LogP contribution in [0.5, 0.6) is 0 Å². The molecule has 0 heterocycles. The van der Waals surface area contributed by atoms with E-state index >= 15 is 0 Å². The molecule has 4 heteroatoms. The first-order valence-corrected chi connectivity index (χ1v) is 8.67. The predicted octanol–water partition coefficient (Wildman–Crippen LogP) is 4.14. The van der Waals surface area contributed by atoms with Crippen molar-refractivity contribution in [2.75, 3.05) is 13.2 Å². The van der Waals surface area contributed by atoms with Crippen LogP contribution in [0.15, 0.2) is 12.2 Å². The van der Waals surface area contributed by atoms with Gasteiger partial charge in [-0.05, 0) is 26.7 Å². The van der Waals surface area contributed by atoms with Crippen molar-refractivity contribution in [2.24, 2.45) is 0 Å². The summed E-state index contributed by atoms with van der Waals surface area (Å²) in [7, 11) is 0. The number of unbranched alkanes of at least 4 members (excludes halogenated alkanes) is 8. The van der Waals surface area contributed by atoms with Crippen LogP contribution in [0.2, 0.25) is 0 Å². The third-order valence-corrected chi connectivity index (χ3v) is 3.54. The first kappa shape index (κ1) is 20.7. The minimum absolute atomic E-state index is 0.0391. The van der Waals surface area contributed by atoms with E-state index in [4.69, 9.17) is 4.74 Å². The van der Waals surface area contributed by atoms with Crippen LogP contribution in [0.1, 0.15) is 78.1 Å². The van der Waals surface area contributed by atoms with E-state index in [1.54, 1.807) is 6.92 Å². The summed E-state index contributed by atoms with van der Waals surface area (Å²) in [6.07, 6.45) is 11.0. The maximum atomic E-state index is 11.2. The van der Waals surface area contributed by atoms with Crippen molar-refractivity contribution in [1.29, 1.82) is 0 Å². The van der Waals surface area contributed by atoms with Gasteiger partial charge in [0, 0.05) is 18.5 Å². The van der Waals surface area contributed by atoms with Crippen LogP contribution in [0, 0.1) is 0 Å². The molecule has 0 aliphatic heterocycles. The Morgan fingerprint density at radius 3 is 1.91 bits per heavy atom. The van der Waals surface area contributed by atoms with Crippen LogP contribution < -0.4 is 5.32 Å². The van der Waals surface area contributed by atoms with Crippen LogP contribution in [-0.4, -0.2) is 25.0 Å². The van der Waals surface area contributed by atoms with E-state index in [9.17, 15) is 9.59 Å². The molecule has 1 N–H and O–H groups in total. The predicted molar refractivity (Wildman–Crippen MR) is 90.6 cm³/mol. The second-order valence-corrected chi connectivity index (χ2v) is 5.77. The SMILES string of the molecule is C=C(C)C(=O)NCCCCCCCCCCCC(=O)OCC. The van der Waals surface area contributed by atoms with Crippen LogP contribution in [0.25, 0.3) is 0 Å². The van der Waals surface area contributed by atoms with Gasteiger partial charge in [0.15, 0.2) is 0 Å². The number of amides is 1. The van der Waals surface area contributed by atoms with E-state index in [0.717, 1.165) is 25.8 Å². The lowest BCUT2D eigenvalue weighted by Gasteiger charge is -2.05. The molecule has 0 atom stereocenters. The molecule has 0 spiro atoms. The quantitative estimate of drug-likeness (QED) is 0.298. The monoisotopic (exact) mass is 311 g/mol. The Morgan fingerprint density at radius 2 is 1.41 bits per heavy atom. The molecule has 0 aliphatic rings. The summed E-state index contributed by atoms with van der Waals surface area (Å²) in [6.45, 7) is 8.40. The molecule has 4 nitrogen and oxygen atoms in total. The molecule has 0 aromatic carbocycles. The summed E-state index contributed by atoms with van der Waals surface area (Å²) in [5.74, 6) is -0.107. The van der Waals surface area contributed by atoms with Gasteiger partial charge in [-0.25, -0.2) is 0 Å². The average molecular weight is 311 g/mol. The molecular weight excluding hydrogens is 278 g/mol. The highest BCUT2D eigenvalue weighted by molar-refractivity contribution is 5.91. The van der Waals surface area contributed by atoms with Gasteiger partial charge in [0.1, 0.15) is 0 Å². The minimum Gasteiger partial charge on any atom is -0.466 e. The molecule has 0 aromatic rings. The topological polar surface area (TPSA) is 55.4 Å². The largest absolute Gasteiger partial charge is 0.466 e. The maximum Gasteiger partial charge on any atom is 0.305 e. The summed E-state index contributed by atoms with van der Waals surface area (Å²) < 4.78 is 4.89. The van der Waals surface area contributed by atoms with Gasteiger partial charge in [-0.3, -0.25) is 9.59 Å². The third-order valence-electron chi connectivity index (χ3n) is 3.54. The molecule has 0 aromatic heterocycles. The summed E-state index contributed by atoms with van der Waals surface area (Å²) in [6, 6.07) is 0. The Bertz CT molecular complexity index is 326. The van der Waals surface area contributed by atoms with Crippen LogP contribution in [0.3, 0.4) is 0 Å². The van der Waals surface area contributed by atoms with E-state index in [1.807, 2.05) is 6.92 Å². The highest BCUT2D eigenvalue weighted by Gasteiger charge is 2.01. The lowest BCUT2D eigenvalue weighted by molar-refractivity contribution is -0.143. The van der Waals surface area contributed by atoms with Gasteiger partial charge in [0.2, 0.25) is 5.91 Å². The van der Waals surface area contributed by atoms with Gasteiger partial charge in [0.25, 0.3) is 0 Å². The van der Waals surface area contributed by atoms with Crippen molar-refractivity contribution < 1.29 is 14.3 Å². The van der Waals surface area contributed by atoms with Crippen molar-refractivity contribution in [3.63, 3.8) is 0 Å². The highest BCUT2D eigenvalue weighted by Crippen LogP contribution is 2.10. The standard InChI is InChI=1S/C18H33NO3/c1-4-22-17(20)14-12-10-8-6-5-7-9-11-13-15-19-18(21)16(2)3/h2,4-15H2,1,3H3,(H,19,21). The summed E-state index contributed by atoms with van der Waals surface area (Å²) >= 11 is 0. The number of hydrogen-bond donors (Lipinski definition) is 1. The highest BCUT2D eigenvalue weighted by atomic mass is 16.5. The number of ether oxygens (including phenoxy) is 1. The molecule has 128 valence electrons. The molecular formula is C18H33NO3. The fraction of sp³-hybridized carbons (Fsp3) is 0.778. The summed E-state index contributed by atoms with van der Waals surface area (Å²) in [5, 5.41) is 2.85. The smallest absolute Gasteiger partial charge is 0.305 e. The van der Waals surface area contributed by atoms with Gasteiger partial charge in [-0.15, -0.1) is 0 Å². The van der Waals surface area contributed by atoms with Gasteiger partial charge in [0.05, 0.1) is 6.61 Å². The Kier molecular flexibility index (Phi) is 13.7. The zero-order chi connectivity index (χ0) is 16.6. The number of hydrogen-bond acceptors (Lipinski definition) is 3. The number of esters is 1. The van der Waals surface area contributed by atoms with Crippen molar-refractivity contribution in [1.82, 2.24) is 5.32 Å². The fourth-order valence-electron chi connectivity index (χ4n) is 2.22. The van der Waals surface area contributed by atoms with E-state index in [-0.39, 0.29) is 11.9 Å². The molecule has 0 unspecified atom stereocenters. The van der Waals surface area contributed by atoms with E-state index in [2.05, 4.69) is 11.9 Å². The minimum atomic E-state index is -0.0683.